The summed E-state index contributed by atoms with van der Waals surface area (Å²) in [5, 5.41) is 4.72. The molecule has 0 saturated carbocycles. The van der Waals surface area contributed by atoms with Gasteiger partial charge < -0.3 is 10.2 Å². The highest BCUT2D eigenvalue weighted by Gasteiger charge is 2.17. The van der Waals surface area contributed by atoms with Crippen LogP contribution in [0.15, 0.2) is 42.7 Å². The lowest BCUT2D eigenvalue weighted by Gasteiger charge is -2.34. The molecule has 0 amide bonds. The van der Waals surface area contributed by atoms with Gasteiger partial charge in [-0.05, 0) is 25.6 Å². The minimum absolute atomic E-state index is 0.344. The first-order valence-electron chi connectivity index (χ1n) is 9.16. The van der Waals surface area contributed by atoms with E-state index in [1.807, 2.05) is 6.07 Å². The first kappa shape index (κ1) is 17.4. The summed E-state index contributed by atoms with van der Waals surface area (Å²) in [6.45, 7) is 7.84. The molecule has 1 unspecified atom stereocenters. The summed E-state index contributed by atoms with van der Waals surface area (Å²) >= 11 is 1.72. The molecule has 0 spiro atoms. The number of likely N-dealkylation sites (N-methyl/N-ethyl adjacent to an activating group) is 1. The number of piperazine rings is 1. The first-order chi connectivity index (χ1) is 12.7. The second kappa shape index (κ2) is 7.70. The van der Waals surface area contributed by atoms with Crippen molar-refractivity contribution in [2.75, 3.05) is 45.1 Å². The molecule has 1 saturated heterocycles. The largest absolute Gasteiger partial charge is 0.366 e. The first-order valence-corrected chi connectivity index (χ1v) is 9.98. The Bertz CT molecular complexity index is 855. The van der Waals surface area contributed by atoms with E-state index in [9.17, 15) is 0 Å². The summed E-state index contributed by atoms with van der Waals surface area (Å²) in [6, 6.07) is 13.0. The molecule has 3 aromatic rings. The van der Waals surface area contributed by atoms with Gasteiger partial charge in [-0.15, -0.1) is 11.3 Å². The third kappa shape index (κ3) is 3.87. The standard InChI is InChI=1S/C20H25N5S/c1-15(13-25-10-8-24(2)9-11-25)23-19-17-12-18(16-6-4-3-5-7-16)26-20(17)22-14-21-19/h3-7,12,14-15H,8-11,13H2,1-2H3,(H,21,22,23). The van der Waals surface area contributed by atoms with Crippen LogP contribution in [-0.4, -0.2) is 65.6 Å². The summed E-state index contributed by atoms with van der Waals surface area (Å²) in [4.78, 5) is 16.2. The lowest BCUT2D eigenvalue weighted by Crippen LogP contribution is -2.47. The molecule has 26 heavy (non-hydrogen) atoms. The molecule has 1 atom stereocenters. The molecular weight excluding hydrogens is 342 g/mol. The molecule has 6 heteroatoms. The maximum absolute atomic E-state index is 4.52. The summed E-state index contributed by atoms with van der Waals surface area (Å²) in [7, 11) is 2.19. The average Bonchev–Trinajstić information content (AvgIpc) is 3.10. The Hall–Kier alpha value is -2.02. The fraction of sp³-hybridized carbons (Fsp3) is 0.400. The smallest absolute Gasteiger partial charge is 0.138 e. The van der Waals surface area contributed by atoms with Gasteiger partial charge in [0.25, 0.3) is 0 Å². The third-order valence-electron chi connectivity index (χ3n) is 4.90. The van der Waals surface area contributed by atoms with Gasteiger partial charge in [0.1, 0.15) is 17.0 Å². The molecule has 1 fully saturated rings. The Labute approximate surface area is 158 Å². The topological polar surface area (TPSA) is 44.3 Å². The van der Waals surface area contributed by atoms with Gasteiger partial charge in [0.2, 0.25) is 0 Å². The maximum Gasteiger partial charge on any atom is 0.138 e. The number of nitrogens with one attached hydrogen (secondary N) is 1. The molecule has 0 radical (unpaired) electrons. The zero-order valence-corrected chi connectivity index (χ0v) is 16.2. The Morgan fingerprint density at radius 2 is 1.88 bits per heavy atom. The van der Waals surface area contributed by atoms with Crippen LogP contribution < -0.4 is 5.32 Å². The van der Waals surface area contributed by atoms with Crippen LogP contribution in [0.4, 0.5) is 5.82 Å². The summed E-state index contributed by atoms with van der Waals surface area (Å²) in [5.41, 5.74) is 1.23. The normalized spacial score (nSPS) is 17.5. The summed E-state index contributed by atoms with van der Waals surface area (Å²) < 4.78 is 0. The van der Waals surface area contributed by atoms with Crippen molar-refractivity contribution in [3.63, 3.8) is 0 Å². The van der Waals surface area contributed by atoms with E-state index in [0.29, 0.717) is 6.04 Å². The summed E-state index contributed by atoms with van der Waals surface area (Å²) in [6.07, 6.45) is 1.67. The van der Waals surface area contributed by atoms with Crippen molar-refractivity contribution in [2.45, 2.75) is 13.0 Å². The Morgan fingerprint density at radius 3 is 2.65 bits per heavy atom. The number of hydrogen-bond acceptors (Lipinski definition) is 6. The number of anilines is 1. The monoisotopic (exact) mass is 367 g/mol. The molecule has 136 valence electrons. The van der Waals surface area contributed by atoms with E-state index in [1.54, 1.807) is 17.7 Å². The van der Waals surface area contributed by atoms with E-state index in [4.69, 9.17) is 0 Å². The molecule has 1 aliphatic rings. The van der Waals surface area contributed by atoms with Crippen LogP contribution >= 0.6 is 11.3 Å². The van der Waals surface area contributed by atoms with Gasteiger partial charge in [0.15, 0.2) is 0 Å². The molecule has 5 nitrogen and oxygen atoms in total. The number of fused-ring (bicyclic) bond motifs is 1. The molecule has 3 heterocycles. The average molecular weight is 368 g/mol. The van der Waals surface area contributed by atoms with Crippen molar-refractivity contribution in [1.82, 2.24) is 19.8 Å². The second-order valence-corrected chi connectivity index (χ2v) is 8.10. The zero-order chi connectivity index (χ0) is 17.9. The van der Waals surface area contributed by atoms with Crippen LogP contribution in [0.5, 0.6) is 0 Å². The van der Waals surface area contributed by atoms with Crippen molar-refractivity contribution < 1.29 is 0 Å². The zero-order valence-electron chi connectivity index (χ0n) is 15.4. The van der Waals surface area contributed by atoms with Crippen molar-refractivity contribution in [3.8, 4) is 10.4 Å². The Morgan fingerprint density at radius 1 is 1.12 bits per heavy atom. The van der Waals surface area contributed by atoms with Crippen molar-refractivity contribution in [3.05, 3.63) is 42.7 Å². The fourth-order valence-corrected chi connectivity index (χ4v) is 4.42. The van der Waals surface area contributed by atoms with E-state index in [0.717, 1.165) is 48.8 Å². The summed E-state index contributed by atoms with van der Waals surface area (Å²) in [5.74, 6) is 0.940. The molecule has 1 aromatic carbocycles. The SMILES string of the molecule is CC(CN1CCN(C)CC1)Nc1ncnc2sc(-c3ccccc3)cc12. The van der Waals surface area contributed by atoms with E-state index in [-0.39, 0.29) is 0 Å². The Kier molecular flexibility index (Phi) is 5.15. The number of aromatic nitrogens is 2. The number of rotatable bonds is 5. The molecule has 4 rings (SSSR count). The van der Waals surface area contributed by atoms with E-state index in [2.05, 4.69) is 69.4 Å². The van der Waals surface area contributed by atoms with Gasteiger partial charge in [0.05, 0.1) is 5.39 Å². The number of benzene rings is 1. The quantitative estimate of drug-likeness (QED) is 0.749. The van der Waals surface area contributed by atoms with Crippen LogP contribution in [0.3, 0.4) is 0 Å². The maximum atomic E-state index is 4.52. The second-order valence-electron chi connectivity index (χ2n) is 7.07. The lowest BCUT2D eigenvalue weighted by molar-refractivity contribution is 0.151. The minimum Gasteiger partial charge on any atom is -0.366 e. The third-order valence-corrected chi connectivity index (χ3v) is 5.99. The van der Waals surface area contributed by atoms with Crippen molar-refractivity contribution in [1.29, 1.82) is 0 Å². The molecule has 2 aromatic heterocycles. The van der Waals surface area contributed by atoms with Crippen LogP contribution in [0, 0.1) is 0 Å². The van der Waals surface area contributed by atoms with Gasteiger partial charge in [-0.1, -0.05) is 30.3 Å². The number of hydrogen-bond donors (Lipinski definition) is 1. The van der Waals surface area contributed by atoms with Crippen molar-refractivity contribution >= 4 is 27.4 Å². The number of nitrogens with zero attached hydrogens (tertiary/aromatic N) is 4. The predicted molar refractivity (Wildman–Crippen MR) is 110 cm³/mol. The van der Waals surface area contributed by atoms with Crippen molar-refractivity contribution in [2.24, 2.45) is 0 Å². The highest BCUT2D eigenvalue weighted by atomic mass is 32.1. The van der Waals surface area contributed by atoms with Crippen LogP contribution in [-0.2, 0) is 0 Å². The molecule has 1 aliphatic heterocycles. The highest BCUT2D eigenvalue weighted by Crippen LogP contribution is 2.34. The van der Waals surface area contributed by atoms with Gasteiger partial charge in [-0.3, -0.25) is 4.90 Å². The molecule has 0 aliphatic carbocycles. The molecule has 1 N–H and O–H groups in total. The van der Waals surface area contributed by atoms with Gasteiger partial charge in [0, 0.05) is 43.6 Å². The van der Waals surface area contributed by atoms with Crippen LogP contribution in [0.2, 0.25) is 0 Å². The van der Waals surface area contributed by atoms with Gasteiger partial charge in [-0.25, -0.2) is 9.97 Å². The predicted octanol–water partition coefficient (Wildman–Crippen LogP) is 3.41. The highest BCUT2D eigenvalue weighted by molar-refractivity contribution is 7.21. The lowest BCUT2D eigenvalue weighted by atomic mass is 10.2. The van der Waals surface area contributed by atoms with Crippen LogP contribution in [0.25, 0.3) is 20.7 Å². The minimum atomic E-state index is 0.344. The Balaban J connectivity index is 1.50. The van der Waals surface area contributed by atoms with E-state index in [1.165, 1.54) is 10.4 Å². The van der Waals surface area contributed by atoms with Gasteiger partial charge in [-0.2, -0.15) is 0 Å². The molecule has 0 bridgehead atoms. The van der Waals surface area contributed by atoms with E-state index >= 15 is 0 Å². The van der Waals surface area contributed by atoms with E-state index < -0.39 is 0 Å². The number of thiophene rings is 1. The fourth-order valence-electron chi connectivity index (χ4n) is 3.41. The van der Waals surface area contributed by atoms with Gasteiger partial charge >= 0.3 is 0 Å². The molecular formula is C20H25N5S. The van der Waals surface area contributed by atoms with Crippen LogP contribution in [0.1, 0.15) is 6.92 Å².